The standard InChI is InChI=1S/C21H16Cl2N4O2S/c1-13-4-6-17(7-5-13)27-20(18-3-2-8-29-18)25-26-21(27)30-12-19(28)24-16-10-14(22)9-15(23)11-16/h2-11H,12H2,1H3,(H,24,28). The molecule has 1 amide bonds. The van der Waals surface area contributed by atoms with Gasteiger partial charge in [-0.1, -0.05) is 52.7 Å². The molecule has 0 fully saturated rings. The zero-order valence-electron chi connectivity index (χ0n) is 15.8. The normalized spacial score (nSPS) is 10.9. The minimum Gasteiger partial charge on any atom is -0.461 e. The number of carbonyl (C=O) groups is 1. The molecule has 6 nitrogen and oxygen atoms in total. The van der Waals surface area contributed by atoms with Gasteiger partial charge >= 0.3 is 0 Å². The highest BCUT2D eigenvalue weighted by molar-refractivity contribution is 7.99. The number of benzene rings is 2. The zero-order valence-corrected chi connectivity index (χ0v) is 18.1. The van der Waals surface area contributed by atoms with Crippen LogP contribution in [0.15, 0.2) is 70.4 Å². The number of carbonyl (C=O) groups excluding carboxylic acids is 1. The van der Waals surface area contributed by atoms with Crippen molar-refractivity contribution in [2.75, 3.05) is 11.1 Å². The van der Waals surface area contributed by atoms with E-state index in [0.29, 0.717) is 32.5 Å². The van der Waals surface area contributed by atoms with Crippen LogP contribution in [0.1, 0.15) is 5.56 Å². The first-order valence-corrected chi connectivity index (χ1v) is 10.7. The predicted octanol–water partition coefficient (Wildman–Crippen LogP) is 5.87. The van der Waals surface area contributed by atoms with E-state index in [1.54, 1.807) is 30.5 Å². The second-order valence-electron chi connectivity index (χ2n) is 6.45. The van der Waals surface area contributed by atoms with Gasteiger partial charge in [0.2, 0.25) is 11.7 Å². The molecule has 30 heavy (non-hydrogen) atoms. The molecule has 0 spiro atoms. The molecule has 2 aromatic heterocycles. The Balaban J connectivity index is 1.56. The Bertz CT molecular complexity index is 1150. The molecule has 0 atom stereocenters. The lowest BCUT2D eigenvalue weighted by Crippen LogP contribution is -2.14. The van der Waals surface area contributed by atoms with Crippen molar-refractivity contribution >= 4 is 46.6 Å². The van der Waals surface area contributed by atoms with Gasteiger partial charge in [0.1, 0.15) is 0 Å². The minimum atomic E-state index is -0.212. The molecule has 0 radical (unpaired) electrons. The molecule has 0 aliphatic carbocycles. The van der Waals surface area contributed by atoms with E-state index in [-0.39, 0.29) is 11.7 Å². The molecule has 0 saturated heterocycles. The number of nitrogens with one attached hydrogen (secondary N) is 1. The number of aryl methyl sites for hydroxylation is 1. The van der Waals surface area contributed by atoms with Gasteiger partial charge in [-0.3, -0.25) is 9.36 Å². The molecule has 1 N–H and O–H groups in total. The Kier molecular flexibility index (Phi) is 6.13. The highest BCUT2D eigenvalue weighted by Crippen LogP contribution is 2.29. The average molecular weight is 459 g/mol. The summed E-state index contributed by atoms with van der Waals surface area (Å²) in [5.74, 6) is 1.07. The average Bonchev–Trinajstić information content (AvgIpc) is 3.36. The Morgan fingerprint density at radius 3 is 2.50 bits per heavy atom. The van der Waals surface area contributed by atoms with Gasteiger partial charge in [-0.15, -0.1) is 10.2 Å². The van der Waals surface area contributed by atoms with Crippen LogP contribution in [-0.4, -0.2) is 26.4 Å². The summed E-state index contributed by atoms with van der Waals surface area (Å²) < 4.78 is 7.38. The van der Waals surface area contributed by atoms with Crippen LogP contribution in [0.5, 0.6) is 0 Å². The van der Waals surface area contributed by atoms with E-state index in [4.69, 9.17) is 27.6 Å². The maximum Gasteiger partial charge on any atom is 0.234 e. The smallest absolute Gasteiger partial charge is 0.234 e. The van der Waals surface area contributed by atoms with Gasteiger partial charge in [-0.05, 0) is 49.4 Å². The Hall–Kier alpha value is -2.74. The number of amides is 1. The van der Waals surface area contributed by atoms with Crippen LogP contribution in [-0.2, 0) is 4.79 Å². The first-order chi connectivity index (χ1) is 14.5. The molecule has 2 aromatic carbocycles. The quantitative estimate of drug-likeness (QED) is 0.365. The lowest BCUT2D eigenvalue weighted by molar-refractivity contribution is -0.113. The fraction of sp³-hybridized carbons (Fsp3) is 0.0952. The first-order valence-electron chi connectivity index (χ1n) is 8.95. The number of thioether (sulfide) groups is 1. The van der Waals surface area contributed by atoms with Gasteiger partial charge in [0, 0.05) is 21.4 Å². The summed E-state index contributed by atoms with van der Waals surface area (Å²) in [5.41, 5.74) is 2.55. The van der Waals surface area contributed by atoms with Crippen LogP contribution in [0.25, 0.3) is 17.3 Å². The van der Waals surface area contributed by atoms with E-state index in [0.717, 1.165) is 11.3 Å². The summed E-state index contributed by atoms with van der Waals surface area (Å²) in [5, 5.41) is 12.8. The number of hydrogen-bond donors (Lipinski definition) is 1. The van der Waals surface area contributed by atoms with Gasteiger partial charge in [0.15, 0.2) is 10.9 Å². The van der Waals surface area contributed by atoms with Crippen LogP contribution in [0.2, 0.25) is 10.0 Å². The highest BCUT2D eigenvalue weighted by atomic mass is 35.5. The minimum absolute atomic E-state index is 0.131. The molecule has 9 heteroatoms. The lowest BCUT2D eigenvalue weighted by Gasteiger charge is -2.10. The van der Waals surface area contributed by atoms with Crippen molar-refractivity contribution in [2.45, 2.75) is 12.1 Å². The maximum absolute atomic E-state index is 12.4. The number of nitrogens with zero attached hydrogens (tertiary/aromatic N) is 3. The van der Waals surface area contributed by atoms with Crippen molar-refractivity contribution in [3.63, 3.8) is 0 Å². The third kappa shape index (κ3) is 4.70. The van der Waals surface area contributed by atoms with Gasteiger partial charge in [0.25, 0.3) is 0 Å². The van der Waals surface area contributed by atoms with Crippen molar-refractivity contribution in [3.05, 3.63) is 76.5 Å². The number of aromatic nitrogens is 3. The van der Waals surface area contributed by atoms with Crippen LogP contribution in [0, 0.1) is 6.92 Å². The fourth-order valence-corrected chi connectivity index (χ4v) is 4.09. The maximum atomic E-state index is 12.4. The van der Waals surface area contributed by atoms with Crippen LogP contribution >= 0.6 is 35.0 Å². The predicted molar refractivity (Wildman–Crippen MR) is 120 cm³/mol. The molecule has 0 aliphatic rings. The lowest BCUT2D eigenvalue weighted by atomic mass is 10.2. The van der Waals surface area contributed by atoms with Crippen LogP contribution in [0.3, 0.4) is 0 Å². The van der Waals surface area contributed by atoms with E-state index < -0.39 is 0 Å². The second-order valence-corrected chi connectivity index (χ2v) is 8.26. The summed E-state index contributed by atoms with van der Waals surface area (Å²) in [6.07, 6.45) is 1.58. The number of hydrogen-bond acceptors (Lipinski definition) is 5. The van der Waals surface area contributed by atoms with Crippen molar-refractivity contribution in [1.82, 2.24) is 14.8 Å². The largest absolute Gasteiger partial charge is 0.461 e. The molecular formula is C21H16Cl2N4O2S. The van der Waals surface area contributed by atoms with Crippen molar-refractivity contribution in [3.8, 4) is 17.3 Å². The van der Waals surface area contributed by atoms with Gasteiger partial charge in [-0.25, -0.2) is 0 Å². The summed E-state index contributed by atoms with van der Waals surface area (Å²) in [7, 11) is 0. The van der Waals surface area contributed by atoms with E-state index in [9.17, 15) is 4.79 Å². The third-order valence-corrected chi connectivity index (χ3v) is 5.51. The third-order valence-electron chi connectivity index (χ3n) is 4.15. The van der Waals surface area contributed by atoms with Crippen molar-refractivity contribution in [2.24, 2.45) is 0 Å². The monoisotopic (exact) mass is 458 g/mol. The highest BCUT2D eigenvalue weighted by Gasteiger charge is 2.19. The Labute approximate surface area is 187 Å². The zero-order chi connectivity index (χ0) is 21.1. The SMILES string of the molecule is Cc1ccc(-n2c(SCC(=O)Nc3cc(Cl)cc(Cl)c3)nnc2-c2ccco2)cc1. The molecule has 0 bridgehead atoms. The summed E-state index contributed by atoms with van der Waals surface area (Å²) in [6.45, 7) is 2.02. The van der Waals surface area contributed by atoms with Crippen molar-refractivity contribution in [1.29, 1.82) is 0 Å². The fourth-order valence-electron chi connectivity index (χ4n) is 2.81. The van der Waals surface area contributed by atoms with Gasteiger partial charge in [-0.2, -0.15) is 0 Å². The Morgan fingerprint density at radius 2 is 1.83 bits per heavy atom. The van der Waals surface area contributed by atoms with Gasteiger partial charge in [0.05, 0.1) is 12.0 Å². The van der Waals surface area contributed by atoms with Gasteiger partial charge < -0.3 is 9.73 Å². The molecule has 0 aliphatic heterocycles. The number of anilines is 1. The summed E-state index contributed by atoms with van der Waals surface area (Å²) in [6, 6.07) is 16.5. The molecule has 0 saturated carbocycles. The molecular weight excluding hydrogens is 443 g/mol. The summed E-state index contributed by atoms with van der Waals surface area (Å²) >= 11 is 13.2. The van der Waals surface area contributed by atoms with E-state index in [2.05, 4.69) is 15.5 Å². The second kappa shape index (κ2) is 8.95. The number of furan rings is 1. The molecule has 4 rings (SSSR count). The van der Waals surface area contributed by atoms with Crippen LogP contribution < -0.4 is 5.32 Å². The van der Waals surface area contributed by atoms with E-state index >= 15 is 0 Å². The number of halogens is 2. The topological polar surface area (TPSA) is 73.0 Å². The van der Waals surface area contributed by atoms with E-state index in [1.807, 2.05) is 41.8 Å². The number of rotatable bonds is 6. The first kappa shape index (κ1) is 20.5. The Morgan fingerprint density at radius 1 is 1.10 bits per heavy atom. The van der Waals surface area contributed by atoms with Crippen LogP contribution in [0.4, 0.5) is 5.69 Å². The summed E-state index contributed by atoms with van der Waals surface area (Å²) in [4.78, 5) is 12.4. The van der Waals surface area contributed by atoms with E-state index in [1.165, 1.54) is 11.8 Å². The van der Waals surface area contributed by atoms with Crippen molar-refractivity contribution < 1.29 is 9.21 Å². The molecule has 152 valence electrons. The molecule has 0 unspecified atom stereocenters. The molecule has 2 heterocycles. The molecule has 4 aromatic rings.